The summed E-state index contributed by atoms with van der Waals surface area (Å²) < 4.78 is 0.867. The van der Waals surface area contributed by atoms with E-state index in [2.05, 4.69) is 24.8 Å². The molecule has 0 aliphatic heterocycles. The first kappa shape index (κ1) is 15.3. The van der Waals surface area contributed by atoms with E-state index >= 15 is 0 Å². The van der Waals surface area contributed by atoms with Crippen LogP contribution in [0.15, 0.2) is 12.1 Å². The van der Waals surface area contributed by atoms with Gasteiger partial charge in [0.15, 0.2) is 0 Å². The first-order valence-corrected chi connectivity index (χ1v) is 8.60. The van der Waals surface area contributed by atoms with Gasteiger partial charge in [-0.25, -0.2) is 0 Å². The Hall–Kier alpha value is -0.0900. The molecule has 1 aromatic heterocycles. The van der Waals surface area contributed by atoms with Crippen LogP contribution in [0.1, 0.15) is 50.4 Å². The number of nitrogens with two attached hydrogens (primary N) is 1. The Bertz CT molecular complexity index is 389. The molecule has 0 aromatic carbocycles. The van der Waals surface area contributed by atoms with Crippen molar-refractivity contribution in [3.8, 4) is 0 Å². The summed E-state index contributed by atoms with van der Waals surface area (Å²) in [5.74, 6) is 0.897. The van der Waals surface area contributed by atoms with Crippen LogP contribution in [-0.2, 0) is 0 Å². The number of rotatable bonds is 8. The van der Waals surface area contributed by atoms with E-state index in [0.29, 0.717) is 6.04 Å². The third kappa shape index (κ3) is 4.19. The molecular formula is C15H25ClN2S. The van der Waals surface area contributed by atoms with Crippen LogP contribution in [0.3, 0.4) is 0 Å². The minimum Gasteiger partial charge on any atom is -0.326 e. The highest BCUT2D eigenvalue weighted by Gasteiger charge is 2.31. The highest BCUT2D eigenvalue weighted by atomic mass is 35.5. The maximum Gasteiger partial charge on any atom is 0.0931 e. The Balaban J connectivity index is 2.17. The Morgan fingerprint density at radius 2 is 2.16 bits per heavy atom. The maximum absolute atomic E-state index is 6.41. The van der Waals surface area contributed by atoms with Gasteiger partial charge in [0.05, 0.1) is 10.4 Å². The molecule has 19 heavy (non-hydrogen) atoms. The van der Waals surface area contributed by atoms with Crippen molar-refractivity contribution in [2.45, 2.75) is 51.6 Å². The predicted octanol–water partition coefficient (Wildman–Crippen LogP) is 4.30. The Labute approximate surface area is 125 Å². The fourth-order valence-electron chi connectivity index (χ4n) is 2.64. The van der Waals surface area contributed by atoms with Crippen molar-refractivity contribution >= 4 is 22.9 Å². The summed E-state index contributed by atoms with van der Waals surface area (Å²) in [4.78, 5) is 3.92. The quantitative estimate of drug-likeness (QED) is 0.775. The molecule has 1 fully saturated rings. The summed E-state index contributed by atoms with van der Waals surface area (Å²) >= 11 is 7.80. The summed E-state index contributed by atoms with van der Waals surface area (Å²) in [6, 6.07) is 4.68. The van der Waals surface area contributed by atoms with Gasteiger partial charge in [0.2, 0.25) is 0 Å². The molecule has 1 aliphatic rings. The molecule has 0 radical (unpaired) electrons. The molecule has 0 amide bonds. The minimum absolute atomic E-state index is 0.194. The second-order valence-electron chi connectivity index (χ2n) is 5.60. The number of hydrogen-bond acceptors (Lipinski definition) is 3. The molecule has 0 bridgehead atoms. The van der Waals surface area contributed by atoms with Crippen molar-refractivity contribution in [1.29, 1.82) is 0 Å². The average molecular weight is 301 g/mol. The van der Waals surface area contributed by atoms with Crippen LogP contribution < -0.4 is 5.73 Å². The fraction of sp³-hybridized carbons (Fsp3) is 0.733. The predicted molar refractivity (Wildman–Crippen MR) is 84.9 cm³/mol. The summed E-state index contributed by atoms with van der Waals surface area (Å²) in [5.41, 5.74) is 6.41. The molecule has 2 atom stereocenters. The molecule has 2 nitrogen and oxygen atoms in total. The van der Waals surface area contributed by atoms with Gasteiger partial charge in [-0.1, -0.05) is 25.4 Å². The molecular weight excluding hydrogens is 276 g/mol. The zero-order valence-corrected chi connectivity index (χ0v) is 13.5. The van der Waals surface area contributed by atoms with Crippen LogP contribution in [0.2, 0.25) is 4.34 Å². The second kappa shape index (κ2) is 7.07. The van der Waals surface area contributed by atoms with Crippen molar-refractivity contribution in [1.82, 2.24) is 4.90 Å². The number of nitrogens with zero attached hydrogens (tertiary/aromatic N) is 1. The lowest BCUT2D eigenvalue weighted by molar-refractivity contribution is 0.164. The summed E-state index contributed by atoms with van der Waals surface area (Å²) in [6.07, 6.45) is 4.96. The average Bonchev–Trinajstić information content (AvgIpc) is 3.11. The zero-order valence-electron chi connectivity index (χ0n) is 11.9. The smallest absolute Gasteiger partial charge is 0.0931 e. The van der Waals surface area contributed by atoms with E-state index in [1.165, 1.54) is 30.7 Å². The van der Waals surface area contributed by atoms with E-state index in [9.17, 15) is 0 Å². The first-order valence-electron chi connectivity index (χ1n) is 7.40. The lowest BCUT2D eigenvalue weighted by Gasteiger charge is -2.34. The van der Waals surface area contributed by atoms with Gasteiger partial charge >= 0.3 is 0 Å². The molecule has 2 rings (SSSR count). The molecule has 1 heterocycles. The molecule has 108 valence electrons. The fourth-order valence-corrected chi connectivity index (χ4v) is 3.91. The van der Waals surface area contributed by atoms with Gasteiger partial charge < -0.3 is 5.73 Å². The van der Waals surface area contributed by atoms with Gasteiger partial charge in [-0.3, -0.25) is 4.90 Å². The topological polar surface area (TPSA) is 29.3 Å². The van der Waals surface area contributed by atoms with Gasteiger partial charge in [-0.2, -0.15) is 0 Å². The molecule has 1 aromatic rings. The van der Waals surface area contributed by atoms with Crippen LogP contribution in [0.4, 0.5) is 0 Å². The van der Waals surface area contributed by atoms with Gasteiger partial charge in [-0.15, -0.1) is 11.3 Å². The first-order chi connectivity index (χ1) is 9.15. The Kier molecular flexibility index (Phi) is 5.70. The van der Waals surface area contributed by atoms with Crippen LogP contribution in [0.25, 0.3) is 0 Å². The normalized spacial score (nSPS) is 18.8. The highest BCUT2D eigenvalue weighted by molar-refractivity contribution is 7.16. The van der Waals surface area contributed by atoms with E-state index in [0.717, 1.165) is 23.2 Å². The van der Waals surface area contributed by atoms with Crippen LogP contribution in [0.5, 0.6) is 0 Å². The SMILES string of the molecule is CCCN(CC1CC1)C(c1ccc(Cl)s1)C(N)CC. The Morgan fingerprint density at radius 1 is 1.42 bits per heavy atom. The molecule has 2 unspecified atom stereocenters. The monoisotopic (exact) mass is 300 g/mol. The minimum atomic E-state index is 0.194. The van der Waals surface area contributed by atoms with E-state index in [1.54, 1.807) is 11.3 Å². The van der Waals surface area contributed by atoms with Gasteiger partial charge in [-0.05, 0) is 50.3 Å². The highest BCUT2D eigenvalue weighted by Crippen LogP contribution is 2.37. The van der Waals surface area contributed by atoms with Crippen molar-refractivity contribution < 1.29 is 0 Å². The van der Waals surface area contributed by atoms with Crippen molar-refractivity contribution in [3.05, 3.63) is 21.3 Å². The third-order valence-electron chi connectivity index (χ3n) is 3.86. The number of halogens is 1. The van der Waals surface area contributed by atoms with Gasteiger partial charge in [0.1, 0.15) is 0 Å². The zero-order chi connectivity index (χ0) is 13.8. The molecule has 0 saturated heterocycles. The maximum atomic E-state index is 6.41. The third-order valence-corrected chi connectivity index (χ3v) is 5.16. The van der Waals surface area contributed by atoms with E-state index in [4.69, 9.17) is 17.3 Å². The van der Waals surface area contributed by atoms with Crippen molar-refractivity contribution in [2.24, 2.45) is 11.7 Å². The molecule has 2 N–H and O–H groups in total. The van der Waals surface area contributed by atoms with Crippen LogP contribution in [-0.4, -0.2) is 24.0 Å². The van der Waals surface area contributed by atoms with Crippen molar-refractivity contribution in [2.75, 3.05) is 13.1 Å². The van der Waals surface area contributed by atoms with E-state index in [1.807, 2.05) is 6.07 Å². The van der Waals surface area contributed by atoms with Crippen LogP contribution in [0, 0.1) is 5.92 Å². The van der Waals surface area contributed by atoms with E-state index in [-0.39, 0.29) is 6.04 Å². The molecule has 1 saturated carbocycles. The van der Waals surface area contributed by atoms with Crippen LogP contribution >= 0.6 is 22.9 Å². The standard InChI is InChI=1S/C15H25ClN2S/c1-3-9-18(10-11-5-6-11)15(12(17)4-2)13-7-8-14(16)19-13/h7-8,11-12,15H,3-6,9-10,17H2,1-2H3. The summed E-state index contributed by atoms with van der Waals surface area (Å²) in [5, 5.41) is 0. The largest absolute Gasteiger partial charge is 0.326 e. The molecule has 1 aliphatic carbocycles. The van der Waals surface area contributed by atoms with Gasteiger partial charge in [0, 0.05) is 17.5 Å². The summed E-state index contributed by atoms with van der Waals surface area (Å²) in [6.45, 7) is 6.75. The Morgan fingerprint density at radius 3 is 2.63 bits per heavy atom. The van der Waals surface area contributed by atoms with Gasteiger partial charge in [0.25, 0.3) is 0 Å². The molecule has 0 spiro atoms. The summed E-state index contributed by atoms with van der Waals surface area (Å²) in [7, 11) is 0. The second-order valence-corrected chi connectivity index (χ2v) is 7.34. The number of hydrogen-bond donors (Lipinski definition) is 1. The van der Waals surface area contributed by atoms with E-state index < -0.39 is 0 Å². The lowest BCUT2D eigenvalue weighted by Crippen LogP contribution is -2.41. The number of thiophene rings is 1. The van der Waals surface area contributed by atoms with Crippen molar-refractivity contribution in [3.63, 3.8) is 0 Å². The molecule has 4 heteroatoms. The lowest BCUT2D eigenvalue weighted by atomic mass is 10.0.